The van der Waals surface area contributed by atoms with Gasteiger partial charge in [-0.2, -0.15) is 8.42 Å². The Morgan fingerprint density at radius 2 is 2.11 bits per heavy atom. The Labute approximate surface area is 108 Å². The summed E-state index contributed by atoms with van der Waals surface area (Å²) in [5, 5.41) is 0. The van der Waals surface area contributed by atoms with E-state index in [0.717, 1.165) is 10.7 Å². The van der Waals surface area contributed by atoms with Crippen LogP contribution in [0.2, 0.25) is 0 Å². The number of rotatable bonds is 4. The summed E-state index contributed by atoms with van der Waals surface area (Å²) >= 11 is 0. The Morgan fingerprint density at radius 3 is 2.67 bits per heavy atom. The maximum absolute atomic E-state index is 11.8. The molecule has 0 saturated carbocycles. The molecule has 0 radical (unpaired) electrons. The van der Waals surface area contributed by atoms with Gasteiger partial charge in [-0.25, -0.2) is 4.79 Å². The predicted molar refractivity (Wildman–Crippen MR) is 68.3 cm³/mol. The molecule has 1 aliphatic rings. The number of hydrogen-bond donors (Lipinski definition) is 0. The highest BCUT2D eigenvalue weighted by Gasteiger charge is 2.26. The molecule has 1 heterocycles. The summed E-state index contributed by atoms with van der Waals surface area (Å²) in [4.78, 5) is 11.8. The molecule has 0 aromatic heterocycles. The molecule has 0 aromatic rings. The minimum atomic E-state index is -3.67. The van der Waals surface area contributed by atoms with Crippen molar-refractivity contribution in [2.24, 2.45) is 10.3 Å². The largest absolute Gasteiger partial charge is 0.462 e. The van der Waals surface area contributed by atoms with E-state index in [1.165, 1.54) is 20.2 Å². The molecule has 0 spiro atoms. The normalized spacial score (nSPS) is 18.4. The van der Waals surface area contributed by atoms with Gasteiger partial charge in [-0.15, -0.1) is 4.40 Å². The summed E-state index contributed by atoms with van der Waals surface area (Å²) in [5.41, 5.74) is 0.332. The van der Waals surface area contributed by atoms with Gasteiger partial charge in [-0.3, -0.25) is 4.31 Å². The van der Waals surface area contributed by atoms with Crippen molar-refractivity contribution in [2.75, 3.05) is 13.7 Å². The third-order valence-corrected chi connectivity index (χ3v) is 3.80. The molecule has 0 amide bonds. The van der Waals surface area contributed by atoms with E-state index in [9.17, 15) is 13.2 Å². The zero-order valence-electron chi connectivity index (χ0n) is 11.0. The van der Waals surface area contributed by atoms with Crippen molar-refractivity contribution in [1.82, 2.24) is 4.31 Å². The lowest BCUT2D eigenvalue weighted by molar-refractivity contribution is -0.138. The molecule has 18 heavy (non-hydrogen) atoms. The van der Waals surface area contributed by atoms with Crippen LogP contribution in [0.25, 0.3) is 0 Å². The lowest BCUT2D eigenvalue weighted by atomic mass is 10.1. The van der Waals surface area contributed by atoms with E-state index in [1.807, 2.05) is 13.8 Å². The van der Waals surface area contributed by atoms with Gasteiger partial charge in [0.1, 0.15) is 0 Å². The standard InChI is InChI=1S/C11H18N2O4S/c1-8(2)5-6-17-11(14)10-7-13(4)18(15,16)12-9(10)3/h7-8H,5-6H2,1-4H3. The number of carbonyl (C=O) groups excluding carboxylic acids is 1. The molecular formula is C11H18N2O4S. The number of hydrogen-bond acceptors (Lipinski definition) is 4. The molecule has 102 valence electrons. The highest BCUT2D eigenvalue weighted by atomic mass is 32.2. The Hall–Kier alpha value is -1.37. The van der Waals surface area contributed by atoms with Crippen LogP contribution < -0.4 is 0 Å². The van der Waals surface area contributed by atoms with Gasteiger partial charge in [-0.1, -0.05) is 13.8 Å². The SMILES string of the molecule is CC1=NS(=O)(=O)N(C)C=C1C(=O)OCCC(C)C. The summed E-state index contributed by atoms with van der Waals surface area (Å²) in [6.07, 6.45) is 2.00. The Bertz CT molecular complexity index is 491. The van der Waals surface area contributed by atoms with E-state index in [1.54, 1.807) is 0 Å². The fourth-order valence-electron chi connectivity index (χ4n) is 1.29. The first-order chi connectivity index (χ1) is 8.24. The summed E-state index contributed by atoms with van der Waals surface area (Å²) < 4.78 is 32.3. The predicted octanol–water partition coefficient (Wildman–Crippen LogP) is 1.11. The number of ether oxygens (including phenoxy) is 1. The van der Waals surface area contributed by atoms with Crippen LogP contribution in [-0.4, -0.2) is 38.1 Å². The molecule has 0 fully saturated rings. The monoisotopic (exact) mass is 274 g/mol. The maximum Gasteiger partial charge on any atom is 0.344 e. The molecule has 1 aliphatic heterocycles. The average molecular weight is 274 g/mol. The molecular weight excluding hydrogens is 256 g/mol. The second-order valence-corrected chi connectivity index (χ2v) is 6.19. The van der Waals surface area contributed by atoms with Crippen LogP contribution in [0.4, 0.5) is 0 Å². The van der Waals surface area contributed by atoms with Crippen LogP contribution in [0.3, 0.4) is 0 Å². The average Bonchev–Trinajstić information content (AvgIpc) is 2.22. The third kappa shape index (κ3) is 3.56. The van der Waals surface area contributed by atoms with Gasteiger partial charge >= 0.3 is 16.2 Å². The van der Waals surface area contributed by atoms with Crippen molar-refractivity contribution in [1.29, 1.82) is 0 Å². The highest BCUT2D eigenvalue weighted by Crippen LogP contribution is 2.15. The molecule has 0 bridgehead atoms. The quantitative estimate of drug-likeness (QED) is 0.720. The van der Waals surface area contributed by atoms with Gasteiger partial charge in [0.2, 0.25) is 0 Å². The highest BCUT2D eigenvalue weighted by molar-refractivity contribution is 7.88. The van der Waals surface area contributed by atoms with Crippen LogP contribution in [0.15, 0.2) is 16.2 Å². The van der Waals surface area contributed by atoms with E-state index in [0.29, 0.717) is 12.5 Å². The van der Waals surface area contributed by atoms with Gasteiger partial charge in [0, 0.05) is 13.2 Å². The third-order valence-electron chi connectivity index (χ3n) is 2.47. The Morgan fingerprint density at radius 1 is 1.50 bits per heavy atom. The molecule has 0 unspecified atom stereocenters. The first-order valence-electron chi connectivity index (χ1n) is 5.68. The summed E-state index contributed by atoms with van der Waals surface area (Å²) in [7, 11) is -2.35. The van der Waals surface area contributed by atoms with Gasteiger partial charge in [0.25, 0.3) is 0 Å². The summed E-state index contributed by atoms with van der Waals surface area (Å²) in [6.45, 7) is 5.85. The first kappa shape index (κ1) is 14.7. The van der Waals surface area contributed by atoms with Gasteiger partial charge in [-0.05, 0) is 19.3 Å². The van der Waals surface area contributed by atoms with Crippen molar-refractivity contribution >= 4 is 21.9 Å². The summed E-state index contributed by atoms with van der Waals surface area (Å²) in [5.74, 6) is -0.102. The topological polar surface area (TPSA) is 76.0 Å². The van der Waals surface area contributed by atoms with Crippen LogP contribution >= 0.6 is 0 Å². The van der Waals surface area contributed by atoms with Gasteiger partial charge < -0.3 is 4.74 Å². The van der Waals surface area contributed by atoms with E-state index < -0.39 is 16.2 Å². The maximum atomic E-state index is 11.8. The van der Waals surface area contributed by atoms with Crippen LogP contribution in [0, 0.1) is 5.92 Å². The lowest BCUT2D eigenvalue weighted by Gasteiger charge is -2.19. The Kier molecular flexibility index (Phi) is 4.50. The van der Waals surface area contributed by atoms with Crippen LogP contribution in [0.1, 0.15) is 27.2 Å². The number of nitrogens with zero attached hydrogens (tertiary/aromatic N) is 2. The smallest absolute Gasteiger partial charge is 0.344 e. The molecule has 1 rings (SSSR count). The number of carbonyl (C=O) groups is 1. The molecule has 0 N–H and O–H groups in total. The fraction of sp³-hybridized carbons (Fsp3) is 0.636. The Balaban J connectivity index is 2.73. The van der Waals surface area contributed by atoms with E-state index >= 15 is 0 Å². The van der Waals surface area contributed by atoms with Crippen LogP contribution in [-0.2, 0) is 19.7 Å². The van der Waals surface area contributed by atoms with Crippen molar-refractivity contribution in [3.8, 4) is 0 Å². The van der Waals surface area contributed by atoms with Crippen molar-refractivity contribution < 1.29 is 17.9 Å². The molecule has 6 nitrogen and oxygen atoms in total. The molecule has 0 saturated heterocycles. The van der Waals surface area contributed by atoms with Gasteiger partial charge in [0.15, 0.2) is 0 Å². The minimum absolute atomic E-state index is 0.155. The second-order valence-electron chi connectivity index (χ2n) is 4.53. The summed E-state index contributed by atoms with van der Waals surface area (Å²) in [6, 6.07) is 0. The van der Waals surface area contributed by atoms with Crippen LogP contribution in [0.5, 0.6) is 0 Å². The number of esters is 1. The van der Waals surface area contributed by atoms with E-state index in [-0.39, 0.29) is 11.3 Å². The fourth-order valence-corrected chi connectivity index (χ4v) is 2.11. The molecule has 0 aromatic carbocycles. The second kappa shape index (κ2) is 5.51. The van der Waals surface area contributed by atoms with E-state index in [2.05, 4.69) is 4.40 Å². The molecule has 0 atom stereocenters. The minimum Gasteiger partial charge on any atom is -0.462 e. The van der Waals surface area contributed by atoms with Gasteiger partial charge in [0.05, 0.1) is 17.9 Å². The lowest BCUT2D eigenvalue weighted by Crippen LogP contribution is -2.29. The van der Waals surface area contributed by atoms with Crippen molar-refractivity contribution in [3.63, 3.8) is 0 Å². The van der Waals surface area contributed by atoms with E-state index in [4.69, 9.17) is 4.74 Å². The van der Waals surface area contributed by atoms with Crippen molar-refractivity contribution in [2.45, 2.75) is 27.2 Å². The zero-order chi connectivity index (χ0) is 13.9. The van der Waals surface area contributed by atoms with Crippen molar-refractivity contribution in [3.05, 3.63) is 11.8 Å². The molecule has 0 aliphatic carbocycles. The first-order valence-corrected chi connectivity index (χ1v) is 7.07. The zero-order valence-corrected chi connectivity index (χ0v) is 11.8. The molecule has 7 heteroatoms.